The molecule has 1 aliphatic heterocycles. The van der Waals surface area contributed by atoms with E-state index in [0.29, 0.717) is 34.8 Å². The summed E-state index contributed by atoms with van der Waals surface area (Å²) >= 11 is 1.33. The molecular formula is C23H23N3O6S. The molecule has 3 aromatic rings. The molecule has 2 heterocycles. The maximum absolute atomic E-state index is 13.4. The van der Waals surface area contributed by atoms with Crippen LogP contribution in [0.3, 0.4) is 0 Å². The van der Waals surface area contributed by atoms with Crippen molar-refractivity contribution in [2.24, 2.45) is 0 Å². The zero-order chi connectivity index (χ0) is 23.5. The van der Waals surface area contributed by atoms with E-state index in [0.717, 1.165) is 18.4 Å². The Morgan fingerprint density at radius 2 is 2.18 bits per heavy atom. The molecule has 1 fully saturated rings. The molecule has 10 heteroatoms. The van der Waals surface area contributed by atoms with Gasteiger partial charge in [0.2, 0.25) is 0 Å². The van der Waals surface area contributed by atoms with E-state index in [4.69, 9.17) is 14.5 Å². The molecule has 2 aromatic carbocycles. The Labute approximate surface area is 193 Å². The van der Waals surface area contributed by atoms with E-state index in [1.807, 2.05) is 13.0 Å². The van der Waals surface area contributed by atoms with Gasteiger partial charge in [0.25, 0.3) is 11.2 Å². The third kappa shape index (κ3) is 4.91. The number of nitrogens with zero attached hydrogens (tertiary/aromatic N) is 3. The van der Waals surface area contributed by atoms with Gasteiger partial charge in [-0.05, 0) is 43.5 Å². The van der Waals surface area contributed by atoms with Gasteiger partial charge in [0.1, 0.15) is 0 Å². The van der Waals surface area contributed by atoms with E-state index < -0.39 is 10.9 Å². The highest BCUT2D eigenvalue weighted by Crippen LogP contribution is 2.35. The Hall–Kier alpha value is -3.24. The first-order chi connectivity index (χ1) is 15.9. The fourth-order valence-corrected chi connectivity index (χ4v) is 4.84. The van der Waals surface area contributed by atoms with Gasteiger partial charge < -0.3 is 9.47 Å². The highest BCUT2D eigenvalue weighted by molar-refractivity contribution is 7.99. The van der Waals surface area contributed by atoms with Crippen molar-refractivity contribution >= 4 is 34.3 Å². The van der Waals surface area contributed by atoms with Crippen molar-refractivity contribution < 1.29 is 19.2 Å². The topological polar surface area (TPSA) is 114 Å². The van der Waals surface area contributed by atoms with Gasteiger partial charge >= 0.3 is 5.97 Å². The number of thioether (sulfide) groups is 1. The highest BCUT2D eigenvalue weighted by Gasteiger charge is 2.22. The van der Waals surface area contributed by atoms with Gasteiger partial charge in [0, 0.05) is 24.0 Å². The first-order valence-corrected chi connectivity index (χ1v) is 11.4. The maximum atomic E-state index is 13.4. The monoisotopic (exact) mass is 469 g/mol. The van der Waals surface area contributed by atoms with Crippen LogP contribution >= 0.6 is 11.8 Å². The SMILES string of the molecule is COC(=O)c1ccc2c(=O)n(C[C@H]3CCCO3)c(S[C@H](C)c3cccc([N+](=O)[O-])c3)nc2c1. The van der Waals surface area contributed by atoms with Crippen LogP contribution in [-0.4, -0.2) is 40.3 Å². The number of benzene rings is 2. The quantitative estimate of drug-likeness (QED) is 0.167. The largest absolute Gasteiger partial charge is 0.465 e. The van der Waals surface area contributed by atoms with Crippen LogP contribution in [-0.2, 0) is 16.0 Å². The van der Waals surface area contributed by atoms with Gasteiger partial charge in [0.05, 0.1) is 41.1 Å². The minimum atomic E-state index is -0.513. The van der Waals surface area contributed by atoms with Crippen LogP contribution in [0.4, 0.5) is 5.69 Å². The van der Waals surface area contributed by atoms with E-state index in [-0.39, 0.29) is 22.6 Å². The highest BCUT2D eigenvalue weighted by atomic mass is 32.2. The molecule has 172 valence electrons. The second-order valence-corrected chi connectivity index (χ2v) is 9.09. The first kappa shape index (κ1) is 22.9. The van der Waals surface area contributed by atoms with Crippen molar-refractivity contribution in [3.8, 4) is 0 Å². The number of rotatable bonds is 7. The summed E-state index contributed by atoms with van der Waals surface area (Å²) in [6.07, 6.45) is 1.72. The van der Waals surface area contributed by atoms with Crippen LogP contribution in [0.2, 0.25) is 0 Å². The molecule has 0 aliphatic carbocycles. The van der Waals surface area contributed by atoms with Crippen LogP contribution < -0.4 is 5.56 Å². The van der Waals surface area contributed by atoms with Crippen molar-refractivity contribution in [3.63, 3.8) is 0 Å². The normalized spacial score (nSPS) is 16.6. The van der Waals surface area contributed by atoms with Crippen molar-refractivity contribution in [2.75, 3.05) is 13.7 Å². The fraction of sp³-hybridized carbons (Fsp3) is 0.348. The number of fused-ring (bicyclic) bond motifs is 1. The molecule has 2 atom stereocenters. The standard InChI is InChI=1S/C23H23N3O6S/c1-14(15-5-3-6-17(11-15)26(29)30)33-23-24-20-12-16(22(28)31-2)8-9-19(20)21(27)25(23)13-18-7-4-10-32-18/h3,5-6,8-9,11-12,14,18H,4,7,10,13H2,1-2H3/t14-,18-/m1/s1. The number of carbonyl (C=O) groups is 1. The number of nitro groups is 1. The lowest BCUT2D eigenvalue weighted by atomic mass is 10.1. The van der Waals surface area contributed by atoms with Crippen molar-refractivity contribution in [1.29, 1.82) is 0 Å². The summed E-state index contributed by atoms with van der Waals surface area (Å²) in [6, 6.07) is 11.1. The molecule has 1 aromatic heterocycles. The number of carbonyl (C=O) groups excluding carboxylic acids is 1. The van der Waals surface area contributed by atoms with Crippen molar-refractivity contribution in [2.45, 2.75) is 42.8 Å². The Balaban J connectivity index is 1.77. The Morgan fingerprint density at radius 3 is 2.88 bits per heavy atom. The van der Waals surface area contributed by atoms with Gasteiger partial charge in [-0.15, -0.1) is 0 Å². The smallest absolute Gasteiger partial charge is 0.337 e. The first-order valence-electron chi connectivity index (χ1n) is 10.5. The molecule has 1 saturated heterocycles. The lowest BCUT2D eigenvalue weighted by Crippen LogP contribution is -2.29. The van der Waals surface area contributed by atoms with Crippen LogP contribution in [0.1, 0.15) is 40.9 Å². The third-order valence-corrected chi connectivity index (χ3v) is 6.73. The van der Waals surface area contributed by atoms with Crippen LogP contribution in [0, 0.1) is 10.1 Å². The van der Waals surface area contributed by atoms with Gasteiger partial charge in [-0.1, -0.05) is 23.9 Å². The minimum Gasteiger partial charge on any atom is -0.465 e. The number of aromatic nitrogens is 2. The number of ether oxygens (including phenoxy) is 2. The second kappa shape index (κ2) is 9.72. The van der Waals surface area contributed by atoms with Crippen LogP contribution in [0.5, 0.6) is 0 Å². The number of hydrogen-bond donors (Lipinski definition) is 0. The molecule has 0 radical (unpaired) electrons. The molecular weight excluding hydrogens is 446 g/mol. The summed E-state index contributed by atoms with van der Waals surface area (Å²) in [5, 5.41) is 11.8. The lowest BCUT2D eigenvalue weighted by Gasteiger charge is -2.19. The zero-order valence-electron chi connectivity index (χ0n) is 18.2. The van der Waals surface area contributed by atoms with Crippen molar-refractivity contribution in [3.05, 3.63) is 74.1 Å². The van der Waals surface area contributed by atoms with E-state index in [1.54, 1.807) is 28.8 Å². The summed E-state index contributed by atoms with van der Waals surface area (Å²) in [6.45, 7) is 2.93. The average Bonchev–Trinajstić information content (AvgIpc) is 3.34. The number of non-ortho nitro benzene ring substituents is 1. The number of hydrogen-bond acceptors (Lipinski definition) is 8. The Morgan fingerprint density at radius 1 is 1.36 bits per heavy atom. The van der Waals surface area contributed by atoms with E-state index in [9.17, 15) is 19.7 Å². The predicted octanol–water partition coefficient (Wildman–Crippen LogP) is 4.12. The molecule has 0 unspecified atom stereocenters. The fourth-order valence-electron chi connectivity index (χ4n) is 3.81. The second-order valence-electron chi connectivity index (χ2n) is 7.78. The van der Waals surface area contributed by atoms with Gasteiger partial charge in [-0.25, -0.2) is 9.78 Å². The summed E-state index contributed by atoms with van der Waals surface area (Å²) in [4.78, 5) is 40.8. The lowest BCUT2D eigenvalue weighted by molar-refractivity contribution is -0.384. The maximum Gasteiger partial charge on any atom is 0.337 e. The zero-order valence-corrected chi connectivity index (χ0v) is 19.0. The molecule has 4 rings (SSSR count). The van der Waals surface area contributed by atoms with E-state index in [2.05, 4.69) is 0 Å². The molecule has 1 aliphatic rings. The molecule has 0 saturated carbocycles. The van der Waals surface area contributed by atoms with Crippen molar-refractivity contribution in [1.82, 2.24) is 9.55 Å². The van der Waals surface area contributed by atoms with E-state index in [1.165, 1.54) is 31.0 Å². The Kier molecular flexibility index (Phi) is 6.75. The molecule has 33 heavy (non-hydrogen) atoms. The Bertz CT molecular complexity index is 1270. The molecule has 9 nitrogen and oxygen atoms in total. The average molecular weight is 470 g/mol. The number of nitro benzene ring substituents is 1. The van der Waals surface area contributed by atoms with Crippen LogP contribution in [0.15, 0.2) is 52.4 Å². The predicted molar refractivity (Wildman–Crippen MR) is 124 cm³/mol. The van der Waals surface area contributed by atoms with Gasteiger partial charge in [-0.2, -0.15) is 0 Å². The number of esters is 1. The van der Waals surface area contributed by atoms with Gasteiger partial charge in [-0.3, -0.25) is 19.5 Å². The minimum absolute atomic E-state index is 0.00545. The summed E-state index contributed by atoms with van der Waals surface area (Å²) in [5.74, 6) is -0.513. The number of methoxy groups -OCH3 is 1. The van der Waals surface area contributed by atoms with E-state index >= 15 is 0 Å². The summed E-state index contributed by atoms with van der Waals surface area (Å²) < 4.78 is 12.1. The molecule has 0 N–H and O–H groups in total. The third-order valence-electron chi connectivity index (χ3n) is 5.58. The molecule has 0 bridgehead atoms. The summed E-state index contributed by atoms with van der Waals surface area (Å²) in [5.41, 5.74) is 1.22. The molecule has 0 spiro atoms. The van der Waals surface area contributed by atoms with Crippen LogP contribution in [0.25, 0.3) is 10.9 Å². The van der Waals surface area contributed by atoms with Gasteiger partial charge in [0.15, 0.2) is 5.16 Å². The molecule has 0 amide bonds. The summed E-state index contributed by atoms with van der Waals surface area (Å²) in [7, 11) is 1.29.